The highest BCUT2D eigenvalue weighted by molar-refractivity contribution is 6.34. The van der Waals surface area contributed by atoms with E-state index in [0.29, 0.717) is 50.5 Å². The van der Waals surface area contributed by atoms with Gasteiger partial charge in [-0.2, -0.15) is 18.3 Å². The molecule has 5 heterocycles. The first-order valence-corrected chi connectivity index (χ1v) is 13.6. The summed E-state index contributed by atoms with van der Waals surface area (Å²) in [6, 6.07) is 4.77. The lowest BCUT2D eigenvalue weighted by atomic mass is 10.1. The summed E-state index contributed by atoms with van der Waals surface area (Å²) >= 11 is 6.51. The molecule has 220 valence electrons. The lowest BCUT2D eigenvalue weighted by Gasteiger charge is -2.36. The predicted octanol–water partition coefficient (Wildman–Crippen LogP) is 3.45. The molecule has 0 radical (unpaired) electrons. The van der Waals surface area contributed by atoms with Gasteiger partial charge in [0.15, 0.2) is 11.5 Å². The molecule has 16 heteroatoms. The number of nitrogens with two attached hydrogens (primary N) is 1. The summed E-state index contributed by atoms with van der Waals surface area (Å²) in [6.07, 6.45) is 1.50. The maximum Gasteiger partial charge on any atom is 0.433 e. The minimum atomic E-state index is -4.62. The van der Waals surface area contributed by atoms with Gasteiger partial charge in [-0.1, -0.05) is 11.6 Å². The first-order valence-electron chi connectivity index (χ1n) is 13.2. The van der Waals surface area contributed by atoms with Crippen molar-refractivity contribution in [2.75, 3.05) is 44.6 Å². The van der Waals surface area contributed by atoms with Crippen LogP contribution in [0.25, 0.3) is 16.9 Å². The number of benzene rings is 1. The Morgan fingerprint density at radius 3 is 2.50 bits per heavy atom. The van der Waals surface area contributed by atoms with Gasteiger partial charge in [0.1, 0.15) is 5.69 Å². The van der Waals surface area contributed by atoms with Gasteiger partial charge in [0.05, 0.1) is 34.2 Å². The summed E-state index contributed by atoms with van der Waals surface area (Å²) in [5.74, 6) is 0.0243. The number of nitrogens with zero attached hydrogens (tertiary/aromatic N) is 7. The molecule has 0 aliphatic carbocycles. The van der Waals surface area contributed by atoms with Crippen molar-refractivity contribution in [1.29, 1.82) is 0 Å². The molecule has 3 amide bonds. The number of rotatable bonds is 4. The Morgan fingerprint density at radius 2 is 1.81 bits per heavy atom. The van der Waals surface area contributed by atoms with Crippen LogP contribution in [0, 0.1) is 0 Å². The number of halogens is 4. The maximum atomic E-state index is 13.4. The molecule has 1 aromatic carbocycles. The quantitative estimate of drug-likeness (QED) is 0.325. The molecule has 2 aliphatic heterocycles. The van der Waals surface area contributed by atoms with Crippen LogP contribution in [0.5, 0.6) is 0 Å². The second-order valence-electron chi connectivity index (χ2n) is 10.1. The Bertz CT molecular complexity index is 1650. The van der Waals surface area contributed by atoms with E-state index in [2.05, 4.69) is 20.4 Å². The van der Waals surface area contributed by atoms with Gasteiger partial charge in [-0.15, -0.1) is 0 Å². The highest BCUT2D eigenvalue weighted by atomic mass is 35.5. The average Bonchev–Trinajstić information content (AvgIpc) is 3.72. The van der Waals surface area contributed by atoms with Gasteiger partial charge in [-0.3, -0.25) is 14.3 Å². The molecule has 12 nitrogen and oxygen atoms in total. The second-order valence-corrected chi connectivity index (χ2v) is 10.6. The van der Waals surface area contributed by atoms with Crippen molar-refractivity contribution in [2.24, 2.45) is 5.73 Å². The highest BCUT2D eigenvalue weighted by Crippen LogP contribution is 2.36. The Kier molecular flexibility index (Phi) is 7.14. The van der Waals surface area contributed by atoms with Crippen LogP contribution < -0.4 is 11.1 Å². The van der Waals surface area contributed by atoms with Gasteiger partial charge in [0.25, 0.3) is 5.91 Å². The largest absolute Gasteiger partial charge is 0.433 e. The minimum Gasteiger partial charge on any atom is -0.337 e. The number of aromatic amines is 1. The van der Waals surface area contributed by atoms with Crippen molar-refractivity contribution in [3.8, 4) is 11.3 Å². The number of imidazole rings is 1. The van der Waals surface area contributed by atoms with Crippen LogP contribution in [0.15, 0.2) is 43.0 Å². The molecular weight excluding hydrogens is 577 g/mol. The monoisotopic (exact) mass is 602 g/mol. The van der Waals surface area contributed by atoms with Crippen molar-refractivity contribution in [3.05, 3.63) is 59.3 Å². The predicted molar refractivity (Wildman–Crippen MR) is 147 cm³/mol. The number of hydrogen-bond donors (Lipinski definition) is 3. The number of piperazine rings is 1. The lowest BCUT2D eigenvalue weighted by molar-refractivity contribution is -0.140. The van der Waals surface area contributed by atoms with Gasteiger partial charge >= 0.3 is 12.2 Å². The van der Waals surface area contributed by atoms with E-state index in [-0.39, 0.29) is 45.7 Å². The molecule has 0 unspecified atom stereocenters. The fraction of sp³-hybridized carbons (Fsp3) is 0.346. The molecular formula is C26H26ClF3N10O2. The average molecular weight is 603 g/mol. The molecule has 1 atom stereocenters. The van der Waals surface area contributed by atoms with Gasteiger partial charge in [0, 0.05) is 63.4 Å². The fourth-order valence-corrected chi connectivity index (χ4v) is 5.50. The molecule has 2 fully saturated rings. The minimum absolute atomic E-state index is 0.00544. The lowest BCUT2D eigenvalue weighted by Crippen LogP contribution is -2.54. The van der Waals surface area contributed by atoms with Gasteiger partial charge in [0.2, 0.25) is 0 Å². The van der Waals surface area contributed by atoms with E-state index >= 15 is 0 Å². The summed E-state index contributed by atoms with van der Waals surface area (Å²) in [5, 5.41) is 8.84. The molecule has 2 saturated heterocycles. The first-order chi connectivity index (χ1) is 20.1. The van der Waals surface area contributed by atoms with Crippen LogP contribution in [0.3, 0.4) is 0 Å². The van der Waals surface area contributed by atoms with Gasteiger partial charge in [-0.25, -0.2) is 14.8 Å². The third-order valence-electron chi connectivity index (χ3n) is 7.42. The number of fused-ring (bicyclic) bond motifs is 1. The smallest absolute Gasteiger partial charge is 0.337 e. The topological polar surface area (TPSA) is 141 Å². The maximum absolute atomic E-state index is 13.4. The van der Waals surface area contributed by atoms with Crippen LogP contribution in [0.2, 0.25) is 5.02 Å². The van der Waals surface area contributed by atoms with E-state index in [4.69, 9.17) is 17.3 Å². The number of hydrogen-bond acceptors (Lipinski definition) is 7. The van der Waals surface area contributed by atoms with Crippen molar-refractivity contribution < 1.29 is 22.8 Å². The Labute approximate surface area is 242 Å². The SMILES string of the molecule is N[C@H]1CCN(C(=O)N2CCN(C(=O)c3ccc(Nc4nccn5c(-c6cn[nH]c6C(F)(F)F)cnc45)cc3Cl)CC2)C1. The van der Waals surface area contributed by atoms with E-state index in [1.54, 1.807) is 32.9 Å². The molecule has 3 aromatic heterocycles. The fourth-order valence-electron chi connectivity index (χ4n) is 5.24. The summed E-state index contributed by atoms with van der Waals surface area (Å²) in [4.78, 5) is 39.7. The van der Waals surface area contributed by atoms with Crippen molar-refractivity contribution in [1.82, 2.24) is 39.3 Å². The summed E-state index contributed by atoms with van der Waals surface area (Å²) in [5.41, 5.74) is 6.06. The van der Waals surface area contributed by atoms with Gasteiger partial charge in [-0.05, 0) is 24.6 Å². The van der Waals surface area contributed by atoms with Crippen molar-refractivity contribution in [3.63, 3.8) is 0 Å². The molecule has 0 saturated carbocycles. The van der Waals surface area contributed by atoms with Crippen LogP contribution >= 0.6 is 11.6 Å². The molecule has 2 aliphatic rings. The van der Waals surface area contributed by atoms with E-state index < -0.39 is 11.9 Å². The highest BCUT2D eigenvalue weighted by Gasteiger charge is 2.37. The third kappa shape index (κ3) is 5.20. The third-order valence-corrected chi connectivity index (χ3v) is 7.73. The first kappa shape index (κ1) is 27.8. The number of amides is 3. The number of H-pyrrole nitrogens is 1. The number of aromatic nitrogens is 5. The van der Waals surface area contributed by atoms with Crippen LogP contribution in [-0.2, 0) is 6.18 Å². The molecule has 42 heavy (non-hydrogen) atoms. The molecule has 4 aromatic rings. The Morgan fingerprint density at radius 1 is 1.05 bits per heavy atom. The van der Waals surface area contributed by atoms with Gasteiger partial charge < -0.3 is 25.8 Å². The normalized spacial score (nSPS) is 17.7. The standard InChI is InChI=1S/C26H26ClF3N10O2/c27-19-11-16(1-2-17(19)24(41)37-7-9-38(10-8-37)25(42)39-5-3-15(31)14-39)35-22-23-33-13-20(40(23)6-4-32-22)18-12-34-36-21(18)26(28,29)30/h1-2,4,6,11-13,15H,3,5,7-10,14,31H2,(H,32,35)(H,34,36)/t15-/m0/s1. The summed E-state index contributed by atoms with van der Waals surface area (Å²) in [6.45, 7) is 2.77. The zero-order valence-corrected chi connectivity index (χ0v) is 22.9. The Balaban J connectivity index is 1.15. The zero-order valence-electron chi connectivity index (χ0n) is 22.1. The van der Waals surface area contributed by atoms with Crippen LogP contribution in [0.4, 0.5) is 29.5 Å². The number of nitrogens with one attached hydrogen (secondary N) is 2. The van der Waals surface area contributed by atoms with E-state index in [9.17, 15) is 22.8 Å². The second kappa shape index (κ2) is 10.8. The number of carbonyl (C=O) groups excluding carboxylic acids is 2. The van der Waals surface area contributed by atoms with E-state index in [1.165, 1.54) is 23.0 Å². The van der Waals surface area contributed by atoms with Crippen LogP contribution in [-0.4, -0.2) is 96.5 Å². The summed E-state index contributed by atoms with van der Waals surface area (Å²) in [7, 11) is 0. The zero-order chi connectivity index (χ0) is 29.6. The number of alkyl halides is 3. The van der Waals surface area contributed by atoms with Crippen molar-refractivity contribution in [2.45, 2.75) is 18.6 Å². The van der Waals surface area contributed by atoms with Crippen LogP contribution in [0.1, 0.15) is 22.5 Å². The molecule has 0 bridgehead atoms. The Hall–Kier alpha value is -4.37. The summed E-state index contributed by atoms with van der Waals surface area (Å²) < 4.78 is 41.7. The number of carbonyl (C=O) groups is 2. The number of anilines is 2. The van der Waals surface area contributed by atoms with E-state index in [0.717, 1.165) is 12.6 Å². The number of likely N-dealkylation sites (tertiary alicyclic amines) is 1. The van der Waals surface area contributed by atoms with Crippen molar-refractivity contribution >= 4 is 40.7 Å². The molecule has 4 N–H and O–H groups in total. The molecule has 0 spiro atoms. The molecule has 6 rings (SSSR count). The van der Waals surface area contributed by atoms with E-state index in [1.807, 2.05) is 5.10 Å². The number of urea groups is 1.